The summed E-state index contributed by atoms with van der Waals surface area (Å²) in [6, 6.07) is -1.33. The zero-order chi connectivity index (χ0) is 21.9. The highest BCUT2D eigenvalue weighted by molar-refractivity contribution is 6.38. The van der Waals surface area contributed by atoms with E-state index in [1.54, 1.807) is 4.90 Å². The first kappa shape index (κ1) is 22.0. The Kier molecular flexibility index (Phi) is 5.46. The highest BCUT2D eigenvalue weighted by Crippen LogP contribution is 2.65. The molecule has 162 valence electrons. The highest BCUT2D eigenvalue weighted by Gasteiger charge is 2.69. The summed E-state index contributed by atoms with van der Waals surface area (Å²) < 4.78 is 0. The van der Waals surface area contributed by atoms with E-state index in [-0.39, 0.29) is 34.5 Å². The van der Waals surface area contributed by atoms with Crippen molar-refractivity contribution < 1.29 is 19.2 Å². The summed E-state index contributed by atoms with van der Waals surface area (Å²) in [5, 5.41) is 2.87. The number of nitrogens with one attached hydrogen (secondary N) is 1. The van der Waals surface area contributed by atoms with Crippen LogP contribution in [-0.4, -0.2) is 46.9 Å². The molecule has 0 aromatic heterocycles. The van der Waals surface area contributed by atoms with E-state index >= 15 is 0 Å². The summed E-state index contributed by atoms with van der Waals surface area (Å²) >= 11 is 0. The van der Waals surface area contributed by atoms with Crippen molar-refractivity contribution >= 4 is 23.4 Å². The quantitative estimate of drug-likeness (QED) is 0.661. The third-order valence-corrected chi connectivity index (χ3v) is 7.68. The molecule has 6 nitrogen and oxygen atoms in total. The minimum Gasteiger partial charge on any atom is -0.344 e. The molecule has 6 heteroatoms. The second-order valence-electron chi connectivity index (χ2n) is 11.1. The molecule has 0 unspecified atom stereocenters. The fourth-order valence-corrected chi connectivity index (χ4v) is 4.85. The van der Waals surface area contributed by atoms with Crippen molar-refractivity contribution in [2.75, 3.05) is 6.54 Å². The fraction of sp³-hybridized carbons (Fsp3) is 0.826. The molecule has 3 fully saturated rings. The fourth-order valence-electron chi connectivity index (χ4n) is 4.85. The number of carbonyl (C=O) groups is 4. The minimum atomic E-state index is -0.773. The van der Waals surface area contributed by atoms with Crippen LogP contribution in [-0.2, 0) is 19.2 Å². The molecule has 29 heavy (non-hydrogen) atoms. The van der Waals surface area contributed by atoms with Gasteiger partial charge in [-0.3, -0.25) is 19.2 Å². The predicted octanol–water partition coefficient (Wildman–Crippen LogP) is 2.59. The Hall–Kier alpha value is -1.72. The number of likely N-dealkylation sites (tertiary alicyclic amines) is 1. The first-order valence-corrected chi connectivity index (χ1v) is 10.9. The maximum absolute atomic E-state index is 13.3. The monoisotopic (exact) mass is 404 g/mol. The number of Topliss-reactive ketones (excluding diaryl/α,β-unsaturated/α-hetero) is 2. The molecule has 0 radical (unpaired) electrons. The van der Waals surface area contributed by atoms with Gasteiger partial charge in [0.25, 0.3) is 0 Å². The lowest BCUT2D eigenvalue weighted by atomic mass is 9.81. The predicted molar refractivity (Wildman–Crippen MR) is 110 cm³/mol. The molecule has 0 aromatic carbocycles. The van der Waals surface area contributed by atoms with Crippen LogP contribution in [0.3, 0.4) is 0 Å². The van der Waals surface area contributed by atoms with Gasteiger partial charge in [-0.1, -0.05) is 54.4 Å². The number of hydrogen-bond acceptors (Lipinski definition) is 4. The van der Waals surface area contributed by atoms with Gasteiger partial charge in [0.05, 0.1) is 6.04 Å². The molecule has 2 saturated carbocycles. The summed E-state index contributed by atoms with van der Waals surface area (Å²) in [7, 11) is 0. The van der Waals surface area contributed by atoms with Gasteiger partial charge in [-0.25, -0.2) is 0 Å². The molecule has 5 atom stereocenters. The Morgan fingerprint density at radius 2 is 1.72 bits per heavy atom. The van der Waals surface area contributed by atoms with Crippen molar-refractivity contribution in [1.29, 1.82) is 0 Å². The molecule has 1 heterocycles. The number of fused-ring (bicyclic) bond motifs is 1. The molecular weight excluding hydrogens is 368 g/mol. The van der Waals surface area contributed by atoms with Crippen LogP contribution in [0.1, 0.15) is 67.7 Å². The smallest absolute Gasteiger partial charge is 0.243 e. The van der Waals surface area contributed by atoms with Crippen LogP contribution in [0.4, 0.5) is 0 Å². The lowest BCUT2D eigenvalue weighted by Gasteiger charge is -2.36. The standard InChI is InChI=1S/C23H36N2O4/c1-12(22(3,4)5)21(29)25-11-15-17(23(15,6)7)18(25)20(28)24-16(10-14-8-9-14)19(27)13(2)26/h12,14-18H,8-11H2,1-7H3,(H,24,28)/t12-,15+,16+,17+,18+/m1/s1. The molecule has 1 N–H and O–H groups in total. The van der Waals surface area contributed by atoms with E-state index < -0.39 is 23.7 Å². The van der Waals surface area contributed by atoms with Crippen molar-refractivity contribution in [2.45, 2.75) is 79.8 Å². The molecule has 2 aliphatic carbocycles. The summed E-state index contributed by atoms with van der Waals surface area (Å²) in [5.74, 6) is -0.741. The van der Waals surface area contributed by atoms with Gasteiger partial charge in [-0.15, -0.1) is 0 Å². The molecule has 3 aliphatic rings. The summed E-state index contributed by atoms with van der Waals surface area (Å²) in [6.07, 6.45) is 2.58. The molecule has 2 amide bonds. The second kappa shape index (κ2) is 7.21. The molecule has 1 saturated heterocycles. The SMILES string of the molecule is CC(=O)C(=O)[C@H](CC1CC1)NC(=O)[C@@H]1[C@@H]2[C@H](CN1C(=O)[C@@H](C)C(C)(C)C)C2(C)C. The van der Waals surface area contributed by atoms with Gasteiger partial charge in [0.1, 0.15) is 6.04 Å². The van der Waals surface area contributed by atoms with E-state index in [0.29, 0.717) is 24.8 Å². The van der Waals surface area contributed by atoms with E-state index in [1.807, 2.05) is 27.7 Å². The number of hydrogen-bond donors (Lipinski definition) is 1. The van der Waals surface area contributed by atoms with Crippen molar-refractivity contribution in [2.24, 2.45) is 34.5 Å². The largest absolute Gasteiger partial charge is 0.344 e. The summed E-state index contributed by atoms with van der Waals surface area (Å²) in [5.41, 5.74) is -0.181. The number of rotatable bonds is 7. The summed E-state index contributed by atoms with van der Waals surface area (Å²) in [4.78, 5) is 52.3. The first-order valence-electron chi connectivity index (χ1n) is 10.9. The Balaban J connectivity index is 1.79. The second-order valence-corrected chi connectivity index (χ2v) is 11.1. The number of amides is 2. The van der Waals surface area contributed by atoms with Gasteiger partial charge in [-0.2, -0.15) is 0 Å². The maximum atomic E-state index is 13.3. The number of piperidine rings is 1. The van der Waals surface area contributed by atoms with E-state index in [4.69, 9.17) is 0 Å². The van der Waals surface area contributed by atoms with Crippen LogP contribution in [0.15, 0.2) is 0 Å². The average Bonchev–Trinajstić information content (AvgIpc) is 3.45. The normalized spacial score (nSPS) is 29.6. The zero-order valence-electron chi connectivity index (χ0n) is 18.9. The van der Waals surface area contributed by atoms with E-state index in [2.05, 4.69) is 19.2 Å². The number of nitrogens with zero attached hydrogens (tertiary/aromatic N) is 1. The van der Waals surface area contributed by atoms with Gasteiger partial charge < -0.3 is 10.2 Å². The minimum absolute atomic E-state index is 0.00251. The molecular formula is C23H36N2O4. The van der Waals surface area contributed by atoms with Crippen LogP contribution in [0.2, 0.25) is 0 Å². The zero-order valence-corrected chi connectivity index (χ0v) is 18.9. The lowest BCUT2D eigenvalue weighted by molar-refractivity contribution is -0.146. The van der Waals surface area contributed by atoms with E-state index in [0.717, 1.165) is 12.8 Å². The average molecular weight is 405 g/mol. The maximum Gasteiger partial charge on any atom is 0.243 e. The van der Waals surface area contributed by atoms with Crippen molar-refractivity contribution in [3.63, 3.8) is 0 Å². The van der Waals surface area contributed by atoms with Crippen LogP contribution in [0, 0.1) is 34.5 Å². The molecule has 1 aliphatic heterocycles. The van der Waals surface area contributed by atoms with Gasteiger partial charge in [0, 0.05) is 19.4 Å². The van der Waals surface area contributed by atoms with Gasteiger partial charge in [-0.05, 0) is 35.0 Å². The Bertz CT molecular complexity index is 732. The van der Waals surface area contributed by atoms with Crippen molar-refractivity contribution in [3.05, 3.63) is 0 Å². The Morgan fingerprint density at radius 1 is 1.14 bits per heavy atom. The van der Waals surface area contributed by atoms with Crippen LogP contribution in [0.25, 0.3) is 0 Å². The van der Waals surface area contributed by atoms with E-state index in [9.17, 15) is 19.2 Å². The Labute approximate surface area is 174 Å². The van der Waals surface area contributed by atoms with Crippen LogP contribution < -0.4 is 5.32 Å². The number of ketones is 2. The van der Waals surface area contributed by atoms with Crippen molar-refractivity contribution in [1.82, 2.24) is 10.2 Å². The first-order chi connectivity index (χ1) is 13.3. The van der Waals surface area contributed by atoms with Gasteiger partial charge in [0.15, 0.2) is 5.78 Å². The van der Waals surface area contributed by atoms with E-state index in [1.165, 1.54) is 6.92 Å². The topological polar surface area (TPSA) is 83.6 Å². The lowest BCUT2D eigenvalue weighted by Crippen LogP contribution is -2.55. The Morgan fingerprint density at radius 3 is 2.21 bits per heavy atom. The third-order valence-electron chi connectivity index (χ3n) is 7.68. The molecule has 3 rings (SSSR count). The molecule has 0 bridgehead atoms. The van der Waals surface area contributed by atoms with Crippen molar-refractivity contribution in [3.8, 4) is 0 Å². The van der Waals surface area contributed by atoms with Gasteiger partial charge in [0.2, 0.25) is 17.6 Å². The molecule has 0 spiro atoms. The van der Waals surface area contributed by atoms with Gasteiger partial charge >= 0.3 is 0 Å². The number of carbonyl (C=O) groups excluding carboxylic acids is 4. The van der Waals surface area contributed by atoms with Crippen LogP contribution >= 0.6 is 0 Å². The van der Waals surface area contributed by atoms with Crippen LogP contribution in [0.5, 0.6) is 0 Å². The highest BCUT2D eigenvalue weighted by atomic mass is 16.2. The summed E-state index contributed by atoms with van der Waals surface area (Å²) in [6.45, 7) is 14.1. The third kappa shape index (κ3) is 4.13. The molecule has 0 aromatic rings.